The van der Waals surface area contributed by atoms with Crippen LogP contribution in [0.25, 0.3) is 0 Å². The SMILES string of the molecule is N#CC1=C(N)N(c2ccc(F)cc2)C2=C(C(=O)OC2)[C@@]12C(=O)N(Cc1cccc(F)c1)c1ccccc12. The second-order valence-electron chi connectivity index (χ2n) is 8.87. The molecule has 0 fully saturated rings. The van der Waals surface area contributed by atoms with Crippen LogP contribution in [0.2, 0.25) is 0 Å². The lowest BCUT2D eigenvalue weighted by atomic mass is 9.67. The zero-order chi connectivity index (χ0) is 25.9. The average molecular weight is 496 g/mol. The average Bonchev–Trinajstić information content (AvgIpc) is 3.38. The van der Waals surface area contributed by atoms with E-state index in [0.717, 1.165) is 0 Å². The summed E-state index contributed by atoms with van der Waals surface area (Å²) in [6.45, 7) is -0.181. The summed E-state index contributed by atoms with van der Waals surface area (Å²) in [5.41, 5.74) is 6.67. The number of cyclic esters (lactones) is 1. The molecule has 9 heteroatoms. The highest BCUT2D eigenvalue weighted by Gasteiger charge is 2.63. The molecule has 0 aromatic heterocycles. The van der Waals surface area contributed by atoms with Gasteiger partial charge in [0.25, 0.3) is 0 Å². The lowest BCUT2D eigenvalue weighted by molar-refractivity contribution is -0.137. The van der Waals surface area contributed by atoms with Crippen molar-refractivity contribution in [3.8, 4) is 6.07 Å². The minimum absolute atomic E-state index is 0.00725. The quantitative estimate of drug-likeness (QED) is 0.554. The lowest BCUT2D eigenvalue weighted by Crippen LogP contribution is -2.50. The van der Waals surface area contributed by atoms with Crippen LogP contribution in [0.4, 0.5) is 20.2 Å². The highest BCUT2D eigenvalue weighted by atomic mass is 19.1. The molecular weight excluding hydrogens is 478 g/mol. The topological polar surface area (TPSA) is 99.7 Å². The molecule has 1 amide bonds. The van der Waals surface area contributed by atoms with Gasteiger partial charge in [0.05, 0.1) is 23.4 Å². The van der Waals surface area contributed by atoms with E-state index < -0.39 is 28.9 Å². The molecule has 3 aromatic carbocycles. The largest absolute Gasteiger partial charge is 0.456 e. The number of fused-ring (bicyclic) bond motifs is 3. The molecular formula is C28H18F2N4O3. The van der Waals surface area contributed by atoms with E-state index in [1.807, 2.05) is 0 Å². The third-order valence-corrected chi connectivity index (χ3v) is 6.94. The number of esters is 1. The van der Waals surface area contributed by atoms with E-state index in [4.69, 9.17) is 10.5 Å². The van der Waals surface area contributed by atoms with Gasteiger partial charge in [-0.25, -0.2) is 13.6 Å². The molecule has 6 rings (SSSR count). The predicted octanol–water partition coefficient (Wildman–Crippen LogP) is 3.77. The third-order valence-electron chi connectivity index (χ3n) is 6.94. The maximum atomic E-state index is 14.4. The molecule has 2 N–H and O–H groups in total. The molecule has 0 aliphatic carbocycles. The van der Waals surface area contributed by atoms with Crippen molar-refractivity contribution < 1.29 is 23.1 Å². The van der Waals surface area contributed by atoms with Gasteiger partial charge in [-0.15, -0.1) is 0 Å². The fraction of sp³-hybridized carbons (Fsp3) is 0.107. The molecule has 37 heavy (non-hydrogen) atoms. The van der Waals surface area contributed by atoms with Gasteiger partial charge in [-0.1, -0.05) is 30.3 Å². The Labute approximate surface area is 210 Å². The summed E-state index contributed by atoms with van der Waals surface area (Å²) in [5.74, 6) is -2.31. The number of halogens is 2. The number of carbonyl (C=O) groups excluding carboxylic acids is 2. The number of rotatable bonds is 3. The van der Waals surface area contributed by atoms with E-state index in [-0.39, 0.29) is 30.1 Å². The van der Waals surface area contributed by atoms with Crippen molar-refractivity contribution in [1.29, 1.82) is 5.26 Å². The molecule has 3 aromatic rings. The van der Waals surface area contributed by atoms with E-state index in [9.17, 15) is 23.6 Å². The predicted molar refractivity (Wildman–Crippen MR) is 129 cm³/mol. The monoisotopic (exact) mass is 496 g/mol. The standard InChI is InChI=1S/C28H18F2N4O3/c29-17-8-10-19(11-9-17)34-23-15-37-26(35)24(23)28(21(13-31)25(34)32)20-6-1-2-7-22(20)33(27(28)36)14-16-4-3-5-18(30)12-16/h1-12H,14-15,32H2/t28-/m0/s1. The summed E-state index contributed by atoms with van der Waals surface area (Å²) >= 11 is 0. The Kier molecular flexibility index (Phi) is 4.88. The van der Waals surface area contributed by atoms with Crippen LogP contribution in [0, 0.1) is 23.0 Å². The minimum Gasteiger partial charge on any atom is -0.456 e. The maximum absolute atomic E-state index is 14.4. The fourth-order valence-electron chi connectivity index (χ4n) is 5.45. The number of hydrogen-bond donors (Lipinski definition) is 1. The highest BCUT2D eigenvalue weighted by molar-refractivity contribution is 6.19. The van der Waals surface area contributed by atoms with Gasteiger partial charge in [0.15, 0.2) is 0 Å². The second kappa shape index (κ2) is 8.03. The number of amides is 1. The first-order chi connectivity index (χ1) is 17.9. The van der Waals surface area contributed by atoms with Crippen molar-refractivity contribution in [3.05, 3.63) is 118 Å². The fourth-order valence-corrected chi connectivity index (χ4v) is 5.45. The maximum Gasteiger partial charge on any atom is 0.338 e. The molecule has 3 heterocycles. The van der Waals surface area contributed by atoms with Gasteiger partial charge < -0.3 is 15.4 Å². The zero-order valence-electron chi connectivity index (χ0n) is 19.2. The van der Waals surface area contributed by atoms with Gasteiger partial charge >= 0.3 is 5.97 Å². The molecule has 0 unspecified atom stereocenters. The molecule has 0 saturated heterocycles. The van der Waals surface area contributed by atoms with Crippen molar-refractivity contribution >= 4 is 23.3 Å². The van der Waals surface area contributed by atoms with Crippen molar-refractivity contribution in [2.24, 2.45) is 5.73 Å². The van der Waals surface area contributed by atoms with Gasteiger partial charge in [0.2, 0.25) is 5.91 Å². The number of anilines is 2. The smallest absolute Gasteiger partial charge is 0.338 e. The van der Waals surface area contributed by atoms with Gasteiger partial charge in [-0.2, -0.15) is 5.26 Å². The first-order valence-electron chi connectivity index (χ1n) is 11.4. The van der Waals surface area contributed by atoms with Gasteiger partial charge in [-0.05, 0) is 48.0 Å². The number of ether oxygens (including phenoxy) is 1. The van der Waals surface area contributed by atoms with Crippen LogP contribution in [-0.2, 0) is 26.3 Å². The molecule has 182 valence electrons. The minimum atomic E-state index is -1.85. The summed E-state index contributed by atoms with van der Waals surface area (Å²) in [6, 6.07) is 20.1. The summed E-state index contributed by atoms with van der Waals surface area (Å²) in [5, 5.41) is 10.4. The van der Waals surface area contributed by atoms with E-state index in [1.165, 1.54) is 46.2 Å². The molecule has 3 aliphatic rings. The number of benzene rings is 3. The van der Waals surface area contributed by atoms with Crippen LogP contribution < -0.4 is 15.5 Å². The van der Waals surface area contributed by atoms with Gasteiger partial charge in [-0.3, -0.25) is 9.69 Å². The van der Waals surface area contributed by atoms with Crippen LogP contribution in [0.3, 0.4) is 0 Å². The molecule has 0 radical (unpaired) electrons. The number of nitrogens with two attached hydrogens (primary N) is 1. The summed E-state index contributed by atoms with van der Waals surface area (Å²) < 4.78 is 33.0. The molecule has 3 aliphatic heterocycles. The zero-order valence-corrected chi connectivity index (χ0v) is 19.2. The normalized spacial score (nSPS) is 20.4. The lowest BCUT2D eigenvalue weighted by Gasteiger charge is -2.38. The molecule has 0 saturated carbocycles. The van der Waals surface area contributed by atoms with Crippen LogP contribution >= 0.6 is 0 Å². The Bertz CT molecular complexity index is 1610. The molecule has 1 spiro atoms. The van der Waals surface area contributed by atoms with Crippen molar-refractivity contribution in [2.75, 3.05) is 16.4 Å². The van der Waals surface area contributed by atoms with Crippen LogP contribution in [-0.4, -0.2) is 18.5 Å². The number of hydrogen-bond acceptors (Lipinski definition) is 6. The van der Waals surface area contributed by atoms with Crippen LogP contribution in [0.1, 0.15) is 11.1 Å². The van der Waals surface area contributed by atoms with Crippen LogP contribution in [0.15, 0.2) is 95.5 Å². The number of para-hydroxylation sites is 1. The molecule has 0 bridgehead atoms. The first kappa shape index (κ1) is 22.5. The van der Waals surface area contributed by atoms with Crippen LogP contribution in [0.5, 0.6) is 0 Å². The van der Waals surface area contributed by atoms with Crippen molar-refractivity contribution in [3.63, 3.8) is 0 Å². The first-order valence-corrected chi connectivity index (χ1v) is 11.4. The Hall–Kier alpha value is -4.97. The Morgan fingerprint density at radius 3 is 2.49 bits per heavy atom. The van der Waals surface area contributed by atoms with E-state index in [0.29, 0.717) is 28.2 Å². The Morgan fingerprint density at radius 2 is 1.76 bits per heavy atom. The summed E-state index contributed by atoms with van der Waals surface area (Å²) in [4.78, 5) is 30.6. The summed E-state index contributed by atoms with van der Waals surface area (Å²) in [6.07, 6.45) is 0. The third kappa shape index (κ3) is 3.02. The highest BCUT2D eigenvalue weighted by Crippen LogP contribution is 2.56. The Morgan fingerprint density at radius 1 is 1.00 bits per heavy atom. The number of nitriles is 1. The van der Waals surface area contributed by atoms with Gasteiger partial charge in [0, 0.05) is 16.9 Å². The number of nitrogens with zero attached hydrogens (tertiary/aromatic N) is 3. The summed E-state index contributed by atoms with van der Waals surface area (Å²) in [7, 11) is 0. The van der Waals surface area contributed by atoms with E-state index in [1.54, 1.807) is 36.4 Å². The van der Waals surface area contributed by atoms with E-state index >= 15 is 0 Å². The van der Waals surface area contributed by atoms with Crippen molar-refractivity contribution in [2.45, 2.75) is 12.0 Å². The second-order valence-corrected chi connectivity index (χ2v) is 8.87. The Balaban J connectivity index is 1.61. The molecule has 1 atom stereocenters. The van der Waals surface area contributed by atoms with Gasteiger partial charge in [0.1, 0.15) is 35.5 Å². The van der Waals surface area contributed by atoms with E-state index in [2.05, 4.69) is 6.07 Å². The number of carbonyl (C=O) groups is 2. The molecule has 7 nitrogen and oxygen atoms in total. The van der Waals surface area contributed by atoms with Crippen molar-refractivity contribution in [1.82, 2.24) is 0 Å².